The van der Waals surface area contributed by atoms with Crippen molar-refractivity contribution in [1.82, 2.24) is 19.4 Å². The molecule has 4 heterocycles. The van der Waals surface area contributed by atoms with Crippen LogP contribution in [0.4, 0.5) is 23.4 Å². The minimum atomic E-state index is -2.38. The first kappa shape index (κ1) is 34.5. The first-order valence-electron chi connectivity index (χ1n) is 15.8. The number of anilines is 1. The van der Waals surface area contributed by atoms with E-state index in [0.717, 1.165) is 18.9 Å². The smallest absolute Gasteiger partial charge is 0.350 e. The van der Waals surface area contributed by atoms with Crippen LogP contribution in [0.1, 0.15) is 39.2 Å². The molecule has 2 fully saturated rings. The number of benzene rings is 2. The summed E-state index contributed by atoms with van der Waals surface area (Å²) in [4.78, 5) is 25.1. The summed E-state index contributed by atoms with van der Waals surface area (Å²) in [6.45, 7) is 9.53. The molecule has 4 atom stereocenters. The quantitative estimate of drug-likeness (QED) is 0.152. The van der Waals surface area contributed by atoms with Crippen LogP contribution in [0.15, 0.2) is 40.5 Å². The minimum absolute atomic E-state index is 0.0297. The highest BCUT2D eigenvalue weighted by Gasteiger charge is 2.37. The van der Waals surface area contributed by atoms with Crippen molar-refractivity contribution >= 4 is 51.7 Å². The van der Waals surface area contributed by atoms with Gasteiger partial charge in [0.15, 0.2) is 0 Å². The SMILES string of the molecule is C=CC(O)N1C[C@H](C)N(c2nc(=O)n3c4c(c(-c5cc(Cl)c(F)cc5F)c(Cl)cc24)SC[C@@H]3CC2CCN(CC(F)F)CC2)C[C@H]1C. The second-order valence-electron chi connectivity index (χ2n) is 12.8. The molecule has 47 heavy (non-hydrogen) atoms. The van der Waals surface area contributed by atoms with E-state index in [1.807, 2.05) is 23.6 Å². The number of piperazine rings is 1. The first-order valence-corrected chi connectivity index (χ1v) is 17.5. The highest BCUT2D eigenvalue weighted by molar-refractivity contribution is 7.99. The molecule has 1 unspecified atom stereocenters. The average molecular weight is 715 g/mol. The Hall–Kier alpha value is -2.35. The molecule has 0 saturated carbocycles. The van der Waals surface area contributed by atoms with Gasteiger partial charge in [-0.25, -0.2) is 22.4 Å². The van der Waals surface area contributed by atoms with Gasteiger partial charge in [0.2, 0.25) is 0 Å². The summed E-state index contributed by atoms with van der Waals surface area (Å²) in [5, 5.41) is 11.1. The lowest BCUT2D eigenvalue weighted by atomic mass is 9.90. The Balaban J connectivity index is 1.47. The van der Waals surface area contributed by atoms with E-state index < -0.39 is 30.0 Å². The van der Waals surface area contributed by atoms with Crippen molar-refractivity contribution in [2.45, 2.75) is 68.8 Å². The van der Waals surface area contributed by atoms with Gasteiger partial charge in [0.05, 0.1) is 22.1 Å². The van der Waals surface area contributed by atoms with Gasteiger partial charge in [0, 0.05) is 64.4 Å². The van der Waals surface area contributed by atoms with Crippen molar-refractivity contribution in [2.75, 3.05) is 43.4 Å². The molecule has 2 saturated heterocycles. The average Bonchev–Trinajstić information content (AvgIpc) is 3.02. The van der Waals surface area contributed by atoms with E-state index in [2.05, 4.69) is 11.6 Å². The first-order chi connectivity index (χ1) is 22.4. The van der Waals surface area contributed by atoms with Crippen LogP contribution in [-0.4, -0.2) is 87.7 Å². The Morgan fingerprint density at radius 2 is 1.81 bits per heavy atom. The monoisotopic (exact) mass is 713 g/mol. The largest absolute Gasteiger partial charge is 0.375 e. The number of halogens is 6. The Morgan fingerprint density at radius 3 is 2.49 bits per heavy atom. The zero-order valence-corrected chi connectivity index (χ0v) is 28.4. The topological polar surface area (TPSA) is 64.8 Å². The van der Waals surface area contributed by atoms with Gasteiger partial charge in [-0.2, -0.15) is 4.98 Å². The molecule has 1 N–H and O–H groups in total. The van der Waals surface area contributed by atoms with Crippen LogP contribution in [0.3, 0.4) is 0 Å². The number of alkyl halides is 2. The van der Waals surface area contributed by atoms with Gasteiger partial charge in [-0.3, -0.25) is 14.4 Å². The van der Waals surface area contributed by atoms with E-state index in [4.69, 9.17) is 23.2 Å². The fraction of sp³-hybridized carbons (Fsp3) is 0.515. The molecule has 7 nitrogen and oxygen atoms in total. The number of rotatable bonds is 8. The van der Waals surface area contributed by atoms with Crippen LogP contribution in [0.25, 0.3) is 22.0 Å². The van der Waals surface area contributed by atoms with Crippen LogP contribution in [0.2, 0.25) is 10.0 Å². The second-order valence-corrected chi connectivity index (χ2v) is 14.7. The van der Waals surface area contributed by atoms with E-state index in [-0.39, 0.29) is 46.2 Å². The van der Waals surface area contributed by atoms with E-state index in [0.29, 0.717) is 65.5 Å². The number of hydrogen-bond acceptors (Lipinski definition) is 7. The van der Waals surface area contributed by atoms with E-state index in [1.165, 1.54) is 23.9 Å². The maximum atomic E-state index is 15.4. The van der Waals surface area contributed by atoms with E-state index in [9.17, 15) is 23.1 Å². The molecule has 3 aliphatic heterocycles. The van der Waals surface area contributed by atoms with Crippen LogP contribution < -0.4 is 10.6 Å². The predicted molar refractivity (Wildman–Crippen MR) is 180 cm³/mol. The zero-order valence-electron chi connectivity index (χ0n) is 26.1. The number of thioether (sulfide) groups is 1. The van der Waals surface area contributed by atoms with Crippen molar-refractivity contribution in [3.05, 3.63) is 63.0 Å². The Morgan fingerprint density at radius 1 is 1.09 bits per heavy atom. The molecule has 3 aliphatic rings. The lowest BCUT2D eigenvalue weighted by molar-refractivity contribution is 0.0000447. The second kappa shape index (κ2) is 13.9. The molecule has 14 heteroatoms. The Bertz CT molecular complexity index is 1740. The van der Waals surface area contributed by atoms with Crippen LogP contribution in [0, 0.1) is 17.6 Å². The molecule has 1 aromatic heterocycles. The van der Waals surface area contributed by atoms with Crippen molar-refractivity contribution in [3.8, 4) is 11.1 Å². The summed E-state index contributed by atoms with van der Waals surface area (Å²) in [5.74, 6) is -0.566. The number of hydrogen-bond donors (Lipinski definition) is 1. The molecule has 0 spiro atoms. The molecular weight excluding hydrogens is 677 g/mol. The lowest BCUT2D eigenvalue weighted by Gasteiger charge is -2.46. The van der Waals surface area contributed by atoms with E-state index in [1.54, 1.807) is 15.5 Å². The van der Waals surface area contributed by atoms with Gasteiger partial charge in [-0.1, -0.05) is 29.8 Å². The zero-order chi connectivity index (χ0) is 33.7. The molecule has 2 aromatic carbocycles. The fourth-order valence-corrected chi connectivity index (χ4v) is 9.23. The summed E-state index contributed by atoms with van der Waals surface area (Å²) < 4.78 is 57.2. The number of aliphatic hydroxyl groups excluding tert-OH is 1. The highest BCUT2D eigenvalue weighted by Crippen LogP contribution is 2.49. The predicted octanol–water partition coefficient (Wildman–Crippen LogP) is 7.07. The third-order valence-corrected chi connectivity index (χ3v) is 11.6. The molecule has 0 amide bonds. The molecule has 0 aliphatic carbocycles. The third kappa shape index (κ3) is 6.66. The fourth-order valence-electron chi connectivity index (χ4n) is 7.35. The van der Waals surface area contributed by atoms with Crippen LogP contribution in [0.5, 0.6) is 0 Å². The summed E-state index contributed by atoms with van der Waals surface area (Å²) in [6, 6.07) is 3.14. The van der Waals surface area contributed by atoms with Gasteiger partial charge in [0.25, 0.3) is 6.43 Å². The maximum absolute atomic E-state index is 15.4. The normalized spacial score (nSPS) is 23.5. The number of nitrogens with zero attached hydrogens (tertiary/aromatic N) is 5. The maximum Gasteiger partial charge on any atom is 0.350 e. The Labute approximate surface area is 285 Å². The van der Waals surface area contributed by atoms with Gasteiger partial charge in [-0.15, -0.1) is 11.8 Å². The van der Waals surface area contributed by atoms with Crippen molar-refractivity contribution in [2.24, 2.45) is 5.92 Å². The summed E-state index contributed by atoms with van der Waals surface area (Å²) in [5.41, 5.74) is 0.479. The van der Waals surface area contributed by atoms with Crippen LogP contribution in [-0.2, 0) is 0 Å². The minimum Gasteiger partial charge on any atom is -0.375 e. The Kier molecular flexibility index (Phi) is 10.2. The molecule has 3 aromatic rings. The summed E-state index contributed by atoms with van der Waals surface area (Å²) >= 11 is 14.5. The molecular formula is C33H37Cl2F4N5O2S. The highest BCUT2D eigenvalue weighted by atomic mass is 35.5. The molecule has 6 rings (SSSR count). The lowest BCUT2D eigenvalue weighted by Crippen LogP contribution is -2.59. The van der Waals surface area contributed by atoms with Gasteiger partial charge in [0.1, 0.15) is 23.7 Å². The van der Waals surface area contributed by atoms with Gasteiger partial charge >= 0.3 is 5.69 Å². The van der Waals surface area contributed by atoms with Crippen LogP contribution >= 0.6 is 35.0 Å². The molecule has 0 radical (unpaired) electrons. The standard InChI is InChI=1S/C33H37Cl2F4N5O2S/c1-4-28(45)42-13-18(3)43(14-17(42)2)32-22-11-24(35)29(21-10-23(34)26(37)12-25(21)36)31-30(22)44(33(46)40-32)20(16-47-31)9-19-5-7-41(8-6-19)15-27(38)39/h4,10-12,17-20,27-28,45H,1,5-9,13-16H2,2-3H3/t17-,18+,20+,28?/m1/s1. The number of aromatic nitrogens is 2. The number of aliphatic hydroxyl groups is 1. The van der Waals surface area contributed by atoms with Crippen molar-refractivity contribution in [1.29, 1.82) is 0 Å². The van der Waals surface area contributed by atoms with Gasteiger partial charge in [-0.05, 0) is 70.3 Å². The van der Waals surface area contributed by atoms with Gasteiger partial charge < -0.3 is 10.0 Å². The summed E-state index contributed by atoms with van der Waals surface area (Å²) in [6.07, 6.45) is 0.423. The number of likely N-dealkylation sites (tertiary alicyclic amines) is 1. The number of piperidine rings is 1. The van der Waals surface area contributed by atoms with Crippen molar-refractivity contribution in [3.63, 3.8) is 0 Å². The van der Waals surface area contributed by atoms with Crippen molar-refractivity contribution < 1.29 is 22.7 Å². The third-order valence-electron chi connectivity index (χ3n) is 9.73. The van der Waals surface area contributed by atoms with E-state index >= 15 is 4.39 Å². The molecule has 0 bridgehead atoms. The summed E-state index contributed by atoms with van der Waals surface area (Å²) in [7, 11) is 0. The molecule has 254 valence electrons.